The molecule has 170 valence electrons. The summed E-state index contributed by atoms with van der Waals surface area (Å²) >= 11 is 0. The average Bonchev–Trinajstić information content (AvgIpc) is 3.24. The highest BCUT2D eigenvalue weighted by Crippen LogP contribution is 2.33. The van der Waals surface area contributed by atoms with Crippen LogP contribution in [0.2, 0.25) is 0 Å². The molecule has 7 nitrogen and oxygen atoms in total. The number of pyridine rings is 1. The van der Waals surface area contributed by atoms with E-state index in [2.05, 4.69) is 51.5 Å². The van der Waals surface area contributed by atoms with Gasteiger partial charge in [0.1, 0.15) is 5.82 Å². The Morgan fingerprint density at radius 3 is 2.62 bits per heavy atom. The topological polar surface area (TPSA) is 87.3 Å². The zero-order chi connectivity index (χ0) is 22.1. The Labute approximate surface area is 189 Å². The minimum Gasteiger partial charge on any atom is -0.393 e. The molecular formula is C25H33N5O2. The zero-order valence-electron chi connectivity index (χ0n) is 19.0. The Morgan fingerprint density at radius 2 is 1.88 bits per heavy atom. The summed E-state index contributed by atoms with van der Waals surface area (Å²) < 4.78 is 5.53. The van der Waals surface area contributed by atoms with Gasteiger partial charge in [-0.15, -0.1) is 0 Å². The second kappa shape index (κ2) is 9.16. The van der Waals surface area contributed by atoms with E-state index in [1.807, 2.05) is 6.92 Å². The van der Waals surface area contributed by atoms with E-state index in [1.165, 1.54) is 12.0 Å². The molecule has 2 N–H and O–H groups in total. The van der Waals surface area contributed by atoms with Crippen LogP contribution in [0, 0.1) is 19.8 Å². The van der Waals surface area contributed by atoms with Crippen molar-refractivity contribution >= 4 is 16.7 Å². The van der Waals surface area contributed by atoms with Crippen LogP contribution in [0.25, 0.3) is 22.4 Å². The summed E-state index contributed by atoms with van der Waals surface area (Å²) in [6.07, 6.45) is 6.47. The van der Waals surface area contributed by atoms with Crippen LogP contribution >= 0.6 is 0 Å². The van der Waals surface area contributed by atoms with E-state index in [0.29, 0.717) is 23.7 Å². The first-order valence-electron chi connectivity index (χ1n) is 12.0. The van der Waals surface area contributed by atoms with Gasteiger partial charge < -0.3 is 19.8 Å². The van der Waals surface area contributed by atoms with Gasteiger partial charge in [0.2, 0.25) is 0 Å². The quantitative estimate of drug-likeness (QED) is 0.626. The highest BCUT2D eigenvalue weighted by Gasteiger charge is 2.27. The molecule has 1 aromatic carbocycles. The lowest BCUT2D eigenvalue weighted by molar-refractivity contribution is 0.0676. The van der Waals surface area contributed by atoms with Crippen LogP contribution in [0.5, 0.6) is 0 Å². The summed E-state index contributed by atoms with van der Waals surface area (Å²) in [6, 6.07) is 8.95. The molecule has 0 amide bonds. The molecule has 2 aliphatic rings. The summed E-state index contributed by atoms with van der Waals surface area (Å²) in [4.78, 5) is 11.9. The fraction of sp³-hybridized carbons (Fsp3) is 0.560. The molecule has 1 aliphatic heterocycles. The first kappa shape index (κ1) is 21.3. The van der Waals surface area contributed by atoms with Crippen molar-refractivity contribution in [1.82, 2.24) is 20.4 Å². The van der Waals surface area contributed by atoms with Gasteiger partial charge in [-0.25, -0.2) is 4.98 Å². The second-order valence-corrected chi connectivity index (χ2v) is 9.48. The third-order valence-electron chi connectivity index (χ3n) is 7.04. The molecular weight excluding hydrogens is 402 g/mol. The largest absolute Gasteiger partial charge is 0.393 e. The Morgan fingerprint density at radius 1 is 1.06 bits per heavy atom. The SMILES string of the molecule is Cc1ccc2nc(N3CCC(NCC4CCCCC4O)CC3)c(-c3nc(C)no3)cc2c1. The Bertz CT molecular complexity index is 1070. The maximum Gasteiger partial charge on any atom is 0.261 e. The number of aromatic nitrogens is 3. The third-order valence-corrected chi connectivity index (χ3v) is 7.04. The van der Waals surface area contributed by atoms with Crippen molar-refractivity contribution in [1.29, 1.82) is 0 Å². The number of hydrogen-bond acceptors (Lipinski definition) is 7. The number of aliphatic hydroxyl groups excluding tert-OH is 1. The zero-order valence-corrected chi connectivity index (χ0v) is 19.0. The number of hydrogen-bond donors (Lipinski definition) is 2. The minimum absolute atomic E-state index is 0.137. The predicted octanol–water partition coefficient (Wildman–Crippen LogP) is 4.01. The normalized spacial score (nSPS) is 22.5. The molecule has 3 heterocycles. The van der Waals surface area contributed by atoms with Crippen LogP contribution in [-0.2, 0) is 0 Å². The van der Waals surface area contributed by atoms with Gasteiger partial charge in [-0.1, -0.05) is 29.6 Å². The fourth-order valence-electron chi connectivity index (χ4n) is 5.13. The van der Waals surface area contributed by atoms with Gasteiger partial charge in [-0.3, -0.25) is 0 Å². The first-order valence-corrected chi connectivity index (χ1v) is 12.0. The second-order valence-electron chi connectivity index (χ2n) is 9.48. The number of piperidine rings is 1. The maximum atomic E-state index is 10.3. The van der Waals surface area contributed by atoms with Gasteiger partial charge in [0.25, 0.3) is 5.89 Å². The molecule has 2 fully saturated rings. The van der Waals surface area contributed by atoms with Gasteiger partial charge in [0.15, 0.2) is 5.82 Å². The summed E-state index contributed by atoms with van der Waals surface area (Å²) in [5.74, 6) is 2.48. The van der Waals surface area contributed by atoms with Crippen molar-refractivity contribution in [2.24, 2.45) is 5.92 Å². The van der Waals surface area contributed by atoms with E-state index >= 15 is 0 Å². The summed E-state index contributed by atoms with van der Waals surface area (Å²) in [5.41, 5.74) is 3.09. The van der Waals surface area contributed by atoms with Gasteiger partial charge in [0.05, 0.1) is 17.2 Å². The molecule has 1 saturated carbocycles. The lowest BCUT2D eigenvalue weighted by Crippen LogP contribution is -2.45. The summed E-state index contributed by atoms with van der Waals surface area (Å²) in [6.45, 7) is 6.70. The van der Waals surface area contributed by atoms with Gasteiger partial charge in [0, 0.05) is 31.1 Å². The standard InChI is InChI=1S/C25H33N5O2/c1-16-7-8-22-19(13-16)14-21(25-27-17(2)29-32-25)24(28-22)30-11-9-20(10-12-30)26-15-18-5-3-4-6-23(18)31/h7-8,13-14,18,20,23,26,31H,3-6,9-12,15H2,1-2H3. The lowest BCUT2D eigenvalue weighted by atomic mass is 9.86. The average molecular weight is 436 g/mol. The number of aryl methyl sites for hydroxylation is 2. The van der Waals surface area contributed by atoms with Crippen molar-refractivity contribution in [3.05, 3.63) is 35.7 Å². The third kappa shape index (κ3) is 4.50. The van der Waals surface area contributed by atoms with E-state index in [-0.39, 0.29) is 6.10 Å². The molecule has 5 rings (SSSR count). The predicted molar refractivity (Wildman–Crippen MR) is 126 cm³/mol. The highest BCUT2D eigenvalue weighted by atomic mass is 16.5. The number of nitrogens with one attached hydrogen (secondary N) is 1. The van der Waals surface area contributed by atoms with Crippen LogP contribution in [0.1, 0.15) is 49.9 Å². The van der Waals surface area contributed by atoms with Crippen molar-refractivity contribution < 1.29 is 9.63 Å². The Hall–Kier alpha value is -2.51. The molecule has 0 spiro atoms. The van der Waals surface area contributed by atoms with E-state index in [9.17, 15) is 5.11 Å². The smallest absolute Gasteiger partial charge is 0.261 e. The van der Waals surface area contributed by atoms with Gasteiger partial charge in [-0.05, 0) is 63.6 Å². The molecule has 0 radical (unpaired) electrons. The molecule has 1 aliphatic carbocycles. The number of aliphatic hydroxyl groups is 1. The number of benzene rings is 1. The van der Waals surface area contributed by atoms with Gasteiger partial charge in [-0.2, -0.15) is 4.98 Å². The Kier molecular flexibility index (Phi) is 6.11. The van der Waals surface area contributed by atoms with E-state index < -0.39 is 0 Å². The first-order chi connectivity index (χ1) is 15.6. The highest BCUT2D eigenvalue weighted by molar-refractivity contribution is 5.88. The van der Waals surface area contributed by atoms with Crippen molar-refractivity contribution in [2.75, 3.05) is 24.5 Å². The number of fused-ring (bicyclic) bond motifs is 1. The summed E-state index contributed by atoms with van der Waals surface area (Å²) in [5, 5.41) is 19.1. The molecule has 7 heteroatoms. The number of anilines is 1. The Balaban J connectivity index is 1.32. The maximum absolute atomic E-state index is 10.3. The van der Waals surface area contributed by atoms with Crippen molar-refractivity contribution in [3.63, 3.8) is 0 Å². The fourth-order valence-corrected chi connectivity index (χ4v) is 5.13. The summed E-state index contributed by atoms with van der Waals surface area (Å²) in [7, 11) is 0. The van der Waals surface area contributed by atoms with Crippen LogP contribution in [0.3, 0.4) is 0 Å². The monoisotopic (exact) mass is 435 g/mol. The van der Waals surface area contributed by atoms with E-state index in [1.54, 1.807) is 0 Å². The molecule has 32 heavy (non-hydrogen) atoms. The van der Waals surface area contributed by atoms with Crippen LogP contribution < -0.4 is 10.2 Å². The van der Waals surface area contributed by atoms with Crippen LogP contribution in [0.15, 0.2) is 28.8 Å². The number of rotatable bonds is 5. The molecule has 3 aromatic rings. The minimum atomic E-state index is -0.137. The molecule has 0 bridgehead atoms. The molecule has 1 saturated heterocycles. The van der Waals surface area contributed by atoms with Crippen molar-refractivity contribution in [3.8, 4) is 11.5 Å². The molecule has 2 unspecified atom stereocenters. The molecule has 2 aromatic heterocycles. The van der Waals surface area contributed by atoms with E-state index in [4.69, 9.17) is 9.51 Å². The van der Waals surface area contributed by atoms with Crippen molar-refractivity contribution in [2.45, 2.75) is 64.5 Å². The van der Waals surface area contributed by atoms with Crippen LogP contribution in [-0.4, -0.2) is 52.0 Å². The van der Waals surface area contributed by atoms with Crippen LogP contribution in [0.4, 0.5) is 5.82 Å². The van der Waals surface area contributed by atoms with E-state index in [0.717, 1.165) is 74.0 Å². The lowest BCUT2D eigenvalue weighted by Gasteiger charge is -2.35. The number of nitrogens with zero attached hydrogens (tertiary/aromatic N) is 4. The molecule has 2 atom stereocenters. The van der Waals surface area contributed by atoms with Gasteiger partial charge >= 0.3 is 0 Å².